The minimum absolute atomic E-state index is 0.465. The molecule has 0 atom stereocenters. The van der Waals surface area contributed by atoms with Crippen molar-refractivity contribution in [2.45, 2.75) is 12.3 Å². The Morgan fingerprint density at radius 2 is 2.15 bits per heavy atom. The summed E-state index contributed by atoms with van der Waals surface area (Å²) < 4.78 is 9.60. The Morgan fingerprint density at radius 1 is 1.35 bits per heavy atom. The average Bonchev–Trinajstić information content (AvgIpc) is 2.77. The van der Waals surface area contributed by atoms with E-state index in [-0.39, 0.29) is 0 Å². The number of hydrogen-bond donors (Lipinski definition) is 0. The number of halogens is 2. The molecule has 2 heterocycles. The Labute approximate surface area is 135 Å². The van der Waals surface area contributed by atoms with Gasteiger partial charge in [0, 0.05) is 18.4 Å². The monoisotopic (exact) mass is 347 g/mol. The second-order valence-corrected chi connectivity index (χ2v) is 6.54. The van der Waals surface area contributed by atoms with Gasteiger partial charge in [-0.1, -0.05) is 23.2 Å². The van der Waals surface area contributed by atoms with E-state index in [1.54, 1.807) is 23.9 Å². The highest BCUT2D eigenvalue weighted by Gasteiger charge is 2.18. The van der Waals surface area contributed by atoms with E-state index < -0.39 is 0 Å². The molecule has 1 aliphatic rings. The van der Waals surface area contributed by atoms with Crippen LogP contribution in [0.25, 0.3) is 5.69 Å². The Hall–Kier alpha value is -0.690. The topological polar surface area (TPSA) is 32.0 Å². The van der Waals surface area contributed by atoms with Gasteiger partial charge in [0.05, 0.1) is 28.6 Å². The van der Waals surface area contributed by atoms with E-state index in [0.717, 1.165) is 23.9 Å². The van der Waals surface area contributed by atoms with Gasteiger partial charge in [0.25, 0.3) is 0 Å². The molecule has 1 aliphatic heterocycles. The van der Waals surface area contributed by atoms with Gasteiger partial charge in [0.1, 0.15) is 11.6 Å². The SMILES string of the molecule is COc1cc(-n2nc3n(c2=S)CCSC3)c(Cl)cc1Cl. The minimum atomic E-state index is 0.465. The molecule has 0 spiro atoms. The number of thioether (sulfide) groups is 1. The number of ether oxygens (including phenoxy) is 1. The lowest BCUT2D eigenvalue weighted by Crippen LogP contribution is -2.10. The summed E-state index contributed by atoms with van der Waals surface area (Å²) in [4.78, 5) is 0. The molecule has 1 aromatic carbocycles. The van der Waals surface area contributed by atoms with Gasteiger partial charge in [0.15, 0.2) is 0 Å². The van der Waals surface area contributed by atoms with E-state index in [4.69, 9.17) is 40.2 Å². The largest absolute Gasteiger partial charge is 0.495 e. The molecule has 0 bridgehead atoms. The Morgan fingerprint density at radius 3 is 2.85 bits per heavy atom. The highest BCUT2D eigenvalue weighted by atomic mass is 35.5. The summed E-state index contributed by atoms with van der Waals surface area (Å²) in [6, 6.07) is 3.40. The van der Waals surface area contributed by atoms with Crippen LogP contribution in [-0.4, -0.2) is 27.2 Å². The number of methoxy groups -OCH3 is 1. The van der Waals surface area contributed by atoms with Crippen molar-refractivity contribution in [1.29, 1.82) is 0 Å². The van der Waals surface area contributed by atoms with Gasteiger partial charge in [-0.15, -0.1) is 0 Å². The third-order valence-corrected chi connectivity index (χ3v) is 5.00. The first-order chi connectivity index (χ1) is 9.61. The van der Waals surface area contributed by atoms with Crippen LogP contribution in [0.2, 0.25) is 10.0 Å². The van der Waals surface area contributed by atoms with E-state index in [0.29, 0.717) is 26.3 Å². The molecule has 3 rings (SSSR count). The van der Waals surface area contributed by atoms with E-state index in [1.807, 2.05) is 16.3 Å². The lowest BCUT2D eigenvalue weighted by molar-refractivity contribution is 0.414. The van der Waals surface area contributed by atoms with Gasteiger partial charge < -0.3 is 9.30 Å². The number of fused-ring (bicyclic) bond motifs is 1. The first-order valence-electron chi connectivity index (χ1n) is 5.91. The molecule has 1 aromatic heterocycles. The maximum absolute atomic E-state index is 6.27. The van der Waals surface area contributed by atoms with Crippen LogP contribution < -0.4 is 4.74 Å². The second-order valence-electron chi connectivity index (χ2n) is 4.25. The predicted octanol–water partition coefficient (Wildman–Crippen LogP) is 3.97. The van der Waals surface area contributed by atoms with Crippen LogP contribution in [0.15, 0.2) is 12.1 Å². The first-order valence-corrected chi connectivity index (χ1v) is 8.23. The average molecular weight is 348 g/mol. The summed E-state index contributed by atoms with van der Waals surface area (Å²) in [7, 11) is 1.56. The lowest BCUT2D eigenvalue weighted by atomic mass is 10.3. The van der Waals surface area contributed by atoms with E-state index in [2.05, 4.69) is 5.10 Å². The summed E-state index contributed by atoms with van der Waals surface area (Å²) in [5.41, 5.74) is 0.685. The van der Waals surface area contributed by atoms with Crippen LogP contribution in [0.1, 0.15) is 5.82 Å². The highest BCUT2D eigenvalue weighted by molar-refractivity contribution is 7.98. The molecule has 106 valence electrons. The van der Waals surface area contributed by atoms with Gasteiger partial charge in [-0.05, 0) is 18.3 Å². The fourth-order valence-electron chi connectivity index (χ4n) is 2.08. The molecule has 0 saturated carbocycles. The molecule has 20 heavy (non-hydrogen) atoms. The number of hydrogen-bond acceptors (Lipinski definition) is 4. The third kappa shape index (κ3) is 2.35. The molecule has 0 fully saturated rings. The van der Waals surface area contributed by atoms with Crippen molar-refractivity contribution in [2.75, 3.05) is 12.9 Å². The minimum Gasteiger partial charge on any atom is -0.495 e. The van der Waals surface area contributed by atoms with Crippen LogP contribution in [-0.2, 0) is 12.3 Å². The van der Waals surface area contributed by atoms with Crippen LogP contribution in [0.5, 0.6) is 5.75 Å². The molecule has 0 aliphatic carbocycles. The Balaban J connectivity index is 2.19. The number of aromatic nitrogens is 3. The molecular weight excluding hydrogens is 337 g/mol. The quantitative estimate of drug-likeness (QED) is 0.769. The molecule has 0 amide bonds. The third-order valence-electron chi connectivity index (χ3n) is 3.08. The summed E-state index contributed by atoms with van der Waals surface area (Å²) in [6.45, 7) is 0.876. The van der Waals surface area contributed by atoms with Crippen LogP contribution in [0, 0.1) is 4.77 Å². The smallest absolute Gasteiger partial charge is 0.202 e. The zero-order valence-corrected chi connectivity index (χ0v) is 13.7. The lowest BCUT2D eigenvalue weighted by Gasteiger charge is -2.10. The van der Waals surface area contributed by atoms with Crippen molar-refractivity contribution in [1.82, 2.24) is 14.3 Å². The molecule has 0 unspecified atom stereocenters. The normalized spacial score (nSPS) is 14.2. The molecule has 0 saturated heterocycles. The van der Waals surface area contributed by atoms with Crippen molar-refractivity contribution in [2.24, 2.45) is 0 Å². The Kier molecular flexibility index (Phi) is 3.99. The molecular formula is C12H11Cl2N3OS2. The maximum atomic E-state index is 6.27. The number of benzene rings is 1. The van der Waals surface area contributed by atoms with Crippen LogP contribution >= 0.6 is 47.2 Å². The van der Waals surface area contributed by atoms with Crippen molar-refractivity contribution >= 4 is 47.2 Å². The van der Waals surface area contributed by atoms with Crippen molar-refractivity contribution in [3.8, 4) is 11.4 Å². The maximum Gasteiger partial charge on any atom is 0.202 e. The van der Waals surface area contributed by atoms with Crippen LogP contribution in [0.3, 0.4) is 0 Å². The summed E-state index contributed by atoms with van der Waals surface area (Å²) >= 11 is 19.7. The second kappa shape index (κ2) is 5.60. The zero-order chi connectivity index (χ0) is 14.3. The number of rotatable bonds is 2. The molecule has 2 aromatic rings. The van der Waals surface area contributed by atoms with E-state index in [1.165, 1.54) is 0 Å². The fourth-order valence-corrected chi connectivity index (χ4v) is 3.81. The molecule has 8 heteroatoms. The predicted molar refractivity (Wildman–Crippen MR) is 85.1 cm³/mol. The molecule has 4 nitrogen and oxygen atoms in total. The Bertz CT molecular complexity index is 726. The molecule has 0 N–H and O–H groups in total. The van der Waals surface area contributed by atoms with Gasteiger partial charge in [-0.2, -0.15) is 16.9 Å². The summed E-state index contributed by atoms with van der Waals surface area (Å²) in [5.74, 6) is 3.42. The summed E-state index contributed by atoms with van der Waals surface area (Å²) in [6.07, 6.45) is 0. The number of nitrogens with zero attached hydrogens (tertiary/aromatic N) is 3. The van der Waals surface area contributed by atoms with Crippen molar-refractivity contribution in [3.63, 3.8) is 0 Å². The van der Waals surface area contributed by atoms with Crippen molar-refractivity contribution < 1.29 is 4.74 Å². The fraction of sp³-hybridized carbons (Fsp3) is 0.333. The van der Waals surface area contributed by atoms with Crippen molar-refractivity contribution in [3.05, 3.63) is 32.8 Å². The van der Waals surface area contributed by atoms with E-state index in [9.17, 15) is 0 Å². The van der Waals surface area contributed by atoms with Gasteiger partial charge in [-0.25, -0.2) is 4.68 Å². The summed E-state index contributed by atoms with van der Waals surface area (Å²) in [5, 5.41) is 5.52. The first kappa shape index (κ1) is 14.3. The zero-order valence-electron chi connectivity index (χ0n) is 10.6. The van der Waals surface area contributed by atoms with Gasteiger partial charge >= 0.3 is 0 Å². The standard InChI is InChI=1S/C12H11Cl2N3OS2/c1-18-10-5-9(7(13)4-8(10)14)17-12(19)16-2-3-20-6-11(16)15-17/h4-5H,2-3,6H2,1H3. The van der Waals surface area contributed by atoms with Gasteiger partial charge in [-0.3, -0.25) is 0 Å². The van der Waals surface area contributed by atoms with E-state index >= 15 is 0 Å². The highest BCUT2D eigenvalue weighted by Crippen LogP contribution is 2.33. The molecule has 0 radical (unpaired) electrons. The van der Waals surface area contributed by atoms with Gasteiger partial charge in [0.2, 0.25) is 4.77 Å². The van der Waals surface area contributed by atoms with Crippen LogP contribution in [0.4, 0.5) is 0 Å².